The molecule has 1 aromatic carbocycles. The number of carbonyl (C=O) groups is 1. The summed E-state index contributed by atoms with van der Waals surface area (Å²) in [5.41, 5.74) is 1.49. The normalized spacial score (nSPS) is 12.2. The molecular formula is C24H25N5O6S. The lowest BCUT2D eigenvalue weighted by atomic mass is 10.0. The van der Waals surface area contributed by atoms with Crippen LogP contribution in [0.1, 0.15) is 49.0 Å². The van der Waals surface area contributed by atoms with Crippen LogP contribution in [0.25, 0.3) is 11.3 Å². The number of rotatable bonds is 10. The number of aromatic nitrogens is 3. The van der Waals surface area contributed by atoms with Crippen molar-refractivity contribution in [2.24, 2.45) is 0 Å². The zero-order valence-electron chi connectivity index (χ0n) is 19.9. The summed E-state index contributed by atoms with van der Waals surface area (Å²) in [5.74, 6) is -0.544. The van der Waals surface area contributed by atoms with Gasteiger partial charge in [-0.05, 0) is 12.5 Å². The van der Waals surface area contributed by atoms with Crippen molar-refractivity contribution in [3.63, 3.8) is 0 Å². The third kappa shape index (κ3) is 5.54. The maximum absolute atomic E-state index is 13.1. The predicted molar refractivity (Wildman–Crippen MR) is 131 cm³/mol. The van der Waals surface area contributed by atoms with Crippen molar-refractivity contribution in [3.8, 4) is 17.2 Å². The summed E-state index contributed by atoms with van der Waals surface area (Å²) in [5, 5.41) is 6.49. The van der Waals surface area contributed by atoms with Gasteiger partial charge in [0.05, 0.1) is 30.9 Å². The lowest BCUT2D eigenvalue weighted by Gasteiger charge is -2.11. The van der Waals surface area contributed by atoms with Gasteiger partial charge in [0, 0.05) is 17.5 Å². The van der Waals surface area contributed by atoms with Crippen LogP contribution in [0, 0.1) is 0 Å². The Morgan fingerprint density at radius 2 is 1.92 bits per heavy atom. The molecule has 0 aliphatic rings. The smallest absolute Gasteiger partial charge is 0.311 e. The monoisotopic (exact) mass is 511 g/mol. The van der Waals surface area contributed by atoms with Gasteiger partial charge in [0.2, 0.25) is 11.8 Å². The predicted octanol–water partition coefficient (Wildman–Crippen LogP) is 4.69. The summed E-state index contributed by atoms with van der Waals surface area (Å²) in [4.78, 5) is 20.4. The fourth-order valence-corrected chi connectivity index (χ4v) is 4.60. The first kappa shape index (κ1) is 24.9. The molecule has 4 rings (SSSR count). The van der Waals surface area contributed by atoms with E-state index in [1.54, 1.807) is 0 Å². The topological polar surface area (TPSA) is 149 Å². The molecule has 3 aromatic heterocycles. The SMILES string of the molecule is CCCC(C)c1cc(NS(=O)(=O)c2cc(NC(=O)c3ncc(-c4ccccc4)o3)cnc2OC)on1. The van der Waals surface area contributed by atoms with Gasteiger partial charge in [0.1, 0.15) is 0 Å². The van der Waals surface area contributed by atoms with Gasteiger partial charge in [0.25, 0.3) is 15.9 Å². The van der Waals surface area contributed by atoms with Gasteiger partial charge in [-0.25, -0.2) is 23.1 Å². The van der Waals surface area contributed by atoms with E-state index in [0.29, 0.717) is 11.5 Å². The Labute approximate surface area is 207 Å². The minimum Gasteiger partial charge on any atom is -0.480 e. The number of nitrogens with zero attached hydrogens (tertiary/aromatic N) is 3. The van der Waals surface area contributed by atoms with E-state index in [0.717, 1.165) is 18.4 Å². The molecule has 4 aromatic rings. The van der Waals surface area contributed by atoms with Crippen LogP contribution in [-0.4, -0.2) is 36.6 Å². The van der Waals surface area contributed by atoms with Crippen LogP contribution in [0.2, 0.25) is 0 Å². The Morgan fingerprint density at radius 1 is 1.14 bits per heavy atom. The Balaban J connectivity index is 1.53. The molecule has 0 aliphatic carbocycles. The number of hydrogen-bond donors (Lipinski definition) is 2. The zero-order valence-corrected chi connectivity index (χ0v) is 20.7. The minimum atomic E-state index is -4.20. The van der Waals surface area contributed by atoms with E-state index in [2.05, 4.69) is 32.1 Å². The van der Waals surface area contributed by atoms with Crippen molar-refractivity contribution in [2.75, 3.05) is 17.1 Å². The molecule has 188 valence electrons. The second-order valence-electron chi connectivity index (χ2n) is 7.99. The van der Waals surface area contributed by atoms with Crippen LogP contribution in [0.4, 0.5) is 11.6 Å². The summed E-state index contributed by atoms with van der Waals surface area (Å²) in [7, 11) is -2.91. The highest BCUT2D eigenvalue weighted by Gasteiger charge is 2.25. The summed E-state index contributed by atoms with van der Waals surface area (Å²) >= 11 is 0. The number of pyridine rings is 1. The highest BCUT2D eigenvalue weighted by molar-refractivity contribution is 7.92. The standard InChI is InChI=1S/C24H25N5O6S/c1-4-8-15(2)18-12-21(35-28-18)29-36(31,32)20-11-17(13-25-23(20)33-3)27-22(30)24-26-14-19(34-24)16-9-6-5-7-10-16/h5-7,9-15,29H,4,8H2,1-3H3,(H,27,30). The molecule has 1 atom stereocenters. The van der Waals surface area contributed by atoms with E-state index in [4.69, 9.17) is 13.7 Å². The third-order valence-corrected chi connectivity index (χ3v) is 6.65. The van der Waals surface area contributed by atoms with Gasteiger partial charge < -0.3 is 19.0 Å². The molecule has 11 nitrogen and oxygen atoms in total. The van der Waals surface area contributed by atoms with E-state index in [9.17, 15) is 13.2 Å². The first-order chi connectivity index (χ1) is 17.3. The number of sulfonamides is 1. The molecule has 1 unspecified atom stereocenters. The van der Waals surface area contributed by atoms with Crippen molar-refractivity contribution < 1.29 is 26.9 Å². The van der Waals surface area contributed by atoms with Crippen LogP contribution in [0.5, 0.6) is 5.88 Å². The number of anilines is 2. The number of hydrogen-bond acceptors (Lipinski definition) is 9. The van der Waals surface area contributed by atoms with Crippen molar-refractivity contribution in [2.45, 2.75) is 37.5 Å². The number of benzene rings is 1. The van der Waals surface area contributed by atoms with Crippen molar-refractivity contribution in [1.29, 1.82) is 0 Å². The number of nitrogens with one attached hydrogen (secondary N) is 2. The van der Waals surface area contributed by atoms with Crippen LogP contribution in [0.3, 0.4) is 0 Å². The van der Waals surface area contributed by atoms with Crippen molar-refractivity contribution >= 4 is 27.5 Å². The molecule has 0 radical (unpaired) electrons. The van der Waals surface area contributed by atoms with Crippen LogP contribution in [0.15, 0.2) is 68.7 Å². The van der Waals surface area contributed by atoms with Gasteiger partial charge in [-0.3, -0.25) is 4.79 Å². The zero-order chi connectivity index (χ0) is 25.7. The maximum Gasteiger partial charge on any atom is 0.311 e. The van der Waals surface area contributed by atoms with Crippen LogP contribution < -0.4 is 14.8 Å². The highest BCUT2D eigenvalue weighted by atomic mass is 32.2. The number of amides is 1. The number of oxazole rings is 1. The second kappa shape index (κ2) is 10.6. The molecule has 0 spiro atoms. The summed E-state index contributed by atoms with van der Waals surface area (Å²) in [6.45, 7) is 4.03. The van der Waals surface area contributed by atoms with Gasteiger partial charge in [-0.2, -0.15) is 0 Å². The molecule has 2 N–H and O–H groups in total. The fraction of sp³-hybridized carbons (Fsp3) is 0.250. The minimum absolute atomic E-state index is 0.0438. The lowest BCUT2D eigenvalue weighted by Crippen LogP contribution is -2.16. The lowest BCUT2D eigenvalue weighted by molar-refractivity contribution is 0.0991. The maximum atomic E-state index is 13.1. The molecule has 36 heavy (non-hydrogen) atoms. The van der Waals surface area contributed by atoms with E-state index >= 15 is 0 Å². The van der Waals surface area contributed by atoms with Gasteiger partial charge >= 0.3 is 5.91 Å². The first-order valence-corrected chi connectivity index (χ1v) is 12.6. The van der Waals surface area contributed by atoms with Gasteiger partial charge in [-0.15, -0.1) is 0 Å². The molecule has 0 bridgehead atoms. The molecule has 3 heterocycles. The Hall–Kier alpha value is -4.19. The third-order valence-electron chi connectivity index (χ3n) is 5.31. The molecule has 0 saturated heterocycles. The molecule has 0 fully saturated rings. The molecule has 0 aliphatic heterocycles. The fourth-order valence-electron chi connectivity index (χ4n) is 3.48. The number of carbonyl (C=O) groups excluding carboxylic acids is 1. The van der Waals surface area contributed by atoms with E-state index in [-0.39, 0.29) is 34.2 Å². The summed E-state index contributed by atoms with van der Waals surface area (Å²) < 4.78 is 44.4. The first-order valence-electron chi connectivity index (χ1n) is 11.2. The molecule has 1 amide bonds. The average molecular weight is 512 g/mol. The second-order valence-corrected chi connectivity index (χ2v) is 9.64. The molecule has 0 saturated carbocycles. The number of ether oxygens (including phenoxy) is 1. The Kier molecular flexibility index (Phi) is 7.34. The van der Waals surface area contributed by atoms with Crippen LogP contribution >= 0.6 is 0 Å². The van der Waals surface area contributed by atoms with Crippen molar-refractivity contribution in [3.05, 3.63) is 66.4 Å². The highest BCUT2D eigenvalue weighted by Crippen LogP contribution is 2.29. The number of methoxy groups -OCH3 is 1. The van der Waals surface area contributed by atoms with E-state index in [1.165, 1.54) is 31.6 Å². The Morgan fingerprint density at radius 3 is 2.64 bits per heavy atom. The molecule has 12 heteroatoms. The Bertz CT molecular complexity index is 1450. The van der Waals surface area contributed by atoms with Gasteiger partial charge in [0.15, 0.2) is 10.7 Å². The largest absolute Gasteiger partial charge is 0.480 e. The average Bonchev–Trinajstić information content (AvgIpc) is 3.55. The van der Waals surface area contributed by atoms with Crippen molar-refractivity contribution in [1.82, 2.24) is 15.1 Å². The van der Waals surface area contributed by atoms with Gasteiger partial charge in [-0.1, -0.05) is 55.8 Å². The quantitative estimate of drug-likeness (QED) is 0.309. The van der Waals surface area contributed by atoms with E-state index in [1.807, 2.05) is 37.3 Å². The van der Waals surface area contributed by atoms with Crippen LogP contribution in [-0.2, 0) is 10.0 Å². The summed E-state index contributed by atoms with van der Waals surface area (Å²) in [6.07, 6.45) is 4.53. The van der Waals surface area contributed by atoms with E-state index < -0.39 is 15.9 Å². The summed E-state index contributed by atoms with van der Waals surface area (Å²) in [6, 6.07) is 11.9. The molecular weight excluding hydrogens is 486 g/mol.